The van der Waals surface area contributed by atoms with Gasteiger partial charge in [-0.15, -0.1) is 0 Å². The molecule has 3 rings (SSSR count). The second-order valence-corrected chi connectivity index (χ2v) is 6.85. The standard InChI is InChI=1S/C20H20F4.H2/c1-11-3-6-13(7-4-11)14-9-10-16(20(24)18(14)22)15-8-5-12(2)17(21)19(15)23;/h5,8-11,13H,3-4,6-7H2,1-2H3;1H. The number of aryl methyl sites for hydroxylation is 1. The van der Waals surface area contributed by atoms with Crippen molar-refractivity contribution in [1.82, 2.24) is 0 Å². The predicted molar refractivity (Wildman–Crippen MR) is 88.9 cm³/mol. The molecule has 0 atom stereocenters. The molecule has 1 aliphatic carbocycles. The largest absolute Gasteiger partial charge is 0.203 e. The Balaban J connectivity index is 0.00000225. The molecule has 2 aromatic carbocycles. The molecule has 24 heavy (non-hydrogen) atoms. The highest BCUT2D eigenvalue weighted by Gasteiger charge is 2.26. The van der Waals surface area contributed by atoms with E-state index in [2.05, 4.69) is 6.92 Å². The zero-order chi connectivity index (χ0) is 17.4. The van der Waals surface area contributed by atoms with Crippen LogP contribution in [0.2, 0.25) is 0 Å². The monoisotopic (exact) mass is 338 g/mol. The van der Waals surface area contributed by atoms with Crippen LogP contribution in [0.15, 0.2) is 24.3 Å². The fraction of sp³-hybridized carbons (Fsp3) is 0.400. The molecule has 0 heterocycles. The van der Waals surface area contributed by atoms with Crippen LogP contribution in [-0.2, 0) is 0 Å². The molecule has 0 nitrogen and oxygen atoms in total. The van der Waals surface area contributed by atoms with E-state index in [0.29, 0.717) is 11.5 Å². The lowest BCUT2D eigenvalue weighted by Crippen LogP contribution is -2.13. The predicted octanol–water partition coefficient (Wildman–Crippen LogP) is 6.76. The SMILES string of the molecule is Cc1ccc(-c2ccc(C3CCC(C)CC3)c(F)c2F)c(F)c1F.[HH]. The van der Waals surface area contributed by atoms with Crippen LogP contribution in [0.25, 0.3) is 11.1 Å². The Labute approximate surface area is 141 Å². The number of hydrogen-bond donors (Lipinski definition) is 0. The molecular formula is C20H22F4. The molecule has 0 aromatic heterocycles. The quantitative estimate of drug-likeness (QED) is 0.531. The summed E-state index contributed by atoms with van der Waals surface area (Å²) >= 11 is 0. The first-order valence-corrected chi connectivity index (χ1v) is 8.33. The molecule has 4 heteroatoms. The highest BCUT2D eigenvalue weighted by atomic mass is 19.2. The first kappa shape index (κ1) is 17.0. The van der Waals surface area contributed by atoms with Gasteiger partial charge < -0.3 is 0 Å². The van der Waals surface area contributed by atoms with Crippen LogP contribution >= 0.6 is 0 Å². The number of rotatable bonds is 2. The molecule has 1 aliphatic rings. The molecule has 0 spiro atoms. The zero-order valence-electron chi connectivity index (χ0n) is 13.8. The lowest BCUT2D eigenvalue weighted by Gasteiger charge is -2.27. The first-order chi connectivity index (χ1) is 11.4. The summed E-state index contributed by atoms with van der Waals surface area (Å²) in [6.07, 6.45) is 3.63. The minimum atomic E-state index is -1.15. The second kappa shape index (κ2) is 6.58. The van der Waals surface area contributed by atoms with E-state index in [4.69, 9.17) is 0 Å². The minimum Gasteiger partial charge on any atom is -0.203 e. The molecular weight excluding hydrogens is 316 g/mol. The number of halogens is 4. The average molecular weight is 338 g/mol. The third-order valence-electron chi connectivity index (χ3n) is 5.13. The van der Waals surface area contributed by atoms with Gasteiger partial charge in [-0.2, -0.15) is 0 Å². The molecule has 2 aromatic rings. The van der Waals surface area contributed by atoms with E-state index in [1.807, 2.05) is 0 Å². The maximum atomic E-state index is 14.5. The number of hydrogen-bond acceptors (Lipinski definition) is 0. The highest BCUT2D eigenvalue weighted by molar-refractivity contribution is 5.66. The van der Waals surface area contributed by atoms with E-state index in [1.54, 1.807) is 0 Å². The van der Waals surface area contributed by atoms with E-state index in [-0.39, 0.29) is 24.0 Å². The molecule has 0 bridgehead atoms. The lowest BCUT2D eigenvalue weighted by atomic mass is 9.79. The Bertz CT molecular complexity index is 765. The summed E-state index contributed by atoms with van der Waals surface area (Å²) in [5, 5.41) is 0. The molecule has 0 radical (unpaired) electrons. The van der Waals surface area contributed by atoms with Crippen LogP contribution in [-0.4, -0.2) is 0 Å². The summed E-state index contributed by atoms with van der Waals surface area (Å²) in [5.41, 5.74) is -0.0173. The second-order valence-electron chi connectivity index (χ2n) is 6.85. The molecule has 0 amide bonds. The average Bonchev–Trinajstić information content (AvgIpc) is 2.57. The van der Waals surface area contributed by atoms with E-state index in [1.165, 1.54) is 31.2 Å². The Kier molecular flexibility index (Phi) is 4.66. The van der Waals surface area contributed by atoms with Gasteiger partial charge in [-0.3, -0.25) is 0 Å². The zero-order valence-corrected chi connectivity index (χ0v) is 13.8. The van der Waals surface area contributed by atoms with Gasteiger partial charge in [-0.05, 0) is 42.7 Å². The summed E-state index contributed by atoms with van der Waals surface area (Å²) in [6, 6.07) is 5.53. The van der Waals surface area contributed by atoms with E-state index >= 15 is 0 Å². The van der Waals surface area contributed by atoms with Gasteiger partial charge in [-0.25, -0.2) is 17.6 Å². The van der Waals surface area contributed by atoms with Gasteiger partial charge in [0, 0.05) is 12.6 Å². The summed E-state index contributed by atoms with van der Waals surface area (Å²) in [6.45, 7) is 3.58. The molecule has 0 N–H and O–H groups in total. The van der Waals surface area contributed by atoms with Crippen molar-refractivity contribution in [2.24, 2.45) is 5.92 Å². The van der Waals surface area contributed by atoms with Crippen LogP contribution < -0.4 is 0 Å². The molecule has 0 aliphatic heterocycles. The smallest absolute Gasteiger partial charge is 0.167 e. The summed E-state index contributed by atoms with van der Waals surface area (Å²) in [5.74, 6) is -3.62. The van der Waals surface area contributed by atoms with Crippen molar-refractivity contribution in [3.8, 4) is 11.1 Å². The fourth-order valence-corrected chi connectivity index (χ4v) is 3.51. The summed E-state index contributed by atoms with van der Waals surface area (Å²) in [4.78, 5) is 0. The minimum absolute atomic E-state index is 0. The summed E-state index contributed by atoms with van der Waals surface area (Å²) < 4.78 is 56.9. The van der Waals surface area contributed by atoms with Crippen LogP contribution in [0.1, 0.15) is 51.1 Å². The third-order valence-corrected chi connectivity index (χ3v) is 5.13. The maximum Gasteiger partial charge on any atom is 0.167 e. The Hall–Kier alpha value is -1.84. The Morgan fingerprint density at radius 3 is 1.92 bits per heavy atom. The molecule has 130 valence electrons. The highest BCUT2D eigenvalue weighted by Crippen LogP contribution is 2.39. The van der Waals surface area contributed by atoms with Gasteiger partial charge in [0.05, 0.1) is 0 Å². The first-order valence-electron chi connectivity index (χ1n) is 8.33. The molecule has 0 saturated heterocycles. The van der Waals surface area contributed by atoms with Gasteiger partial charge >= 0.3 is 0 Å². The maximum absolute atomic E-state index is 14.5. The summed E-state index contributed by atoms with van der Waals surface area (Å²) in [7, 11) is 0. The van der Waals surface area contributed by atoms with Crippen molar-refractivity contribution < 1.29 is 19.0 Å². The van der Waals surface area contributed by atoms with Crippen LogP contribution in [0.5, 0.6) is 0 Å². The van der Waals surface area contributed by atoms with Crippen LogP contribution in [0, 0.1) is 36.1 Å². The van der Waals surface area contributed by atoms with Crippen LogP contribution in [0.4, 0.5) is 17.6 Å². The van der Waals surface area contributed by atoms with Gasteiger partial charge in [0.15, 0.2) is 23.3 Å². The van der Waals surface area contributed by atoms with Crippen molar-refractivity contribution in [1.29, 1.82) is 0 Å². The normalized spacial score (nSPS) is 21.1. The van der Waals surface area contributed by atoms with Crippen molar-refractivity contribution in [2.75, 3.05) is 0 Å². The lowest BCUT2D eigenvalue weighted by molar-refractivity contribution is 0.339. The molecule has 1 fully saturated rings. The number of benzene rings is 2. The van der Waals surface area contributed by atoms with Gasteiger partial charge in [0.25, 0.3) is 0 Å². The van der Waals surface area contributed by atoms with Crippen molar-refractivity contribution >= 4 is 0 Å². The molecule has 0 unspecified atom stereocenters. The van der Waals surface area contributed by atoms with Crippen molar-refractivity contribution in [3.05, 3.63) is 58.7 Å². The van der Waals surface area contributed by atoms with Gasteiger partial charge in [-0.1, -0.05) is 44.0 Å². The van der Waals surface area contributed by atoms with E-state index in [9.17, 15) is 17.6 Å². The topological polar surface area (TPSA) is 0 Å². The molecule has 1 saturated carbocycles. The Morgan fingerprint density at radius 1 is 0.750 bits per heavy atom. The van der Waals surface area contributed by atoms with Gasteiger partial charge in [0.1, 0.15) is 0 Å². The Morgan fingerprint density at radius 2 is 1.29 bits per heavy atom. The van der Waals surface area contributed by atoms with Crippen molar-refractivity contribution in [3.63, 3.8) is 0 Å². The van der Waals surface area contributed by atoms with Gasteiger partial charge in [0.2, 0.25) is 0 Å². The van der Waals surface area contributed by atoms with E-state index < -0.39 is 23.3 Å². The third kappa shape index (κ3) is 2.94. The van der Waals surface area contributed by atoms with Crippen molar-refractivity contribution in [2.45, 2.75) is 45.4 Å². The fourth-order valence-electron chi connectivity index (χ4n) is 3.51. The van der Waals surface area contributed by atoms with Crippen LogP contribution in [0.3, 0.4) is 0 Å². The van der Waals surface area contributed by atoms with E-state index in [0.717, 1.165) is 25.7 Å².